The number of phenols is 2. The minimum Gasteiger partial charge on any atom is -0.504 e. The number of nitrogens with zero attached hydrogens (tertiary/aromatic N) is 1. The predicted octanol–water partition coefficient (Wildman–Crippen LogP) is 3.76. The zero-order valence-electron chi connectivity index (χ0n) is 14.8. The number of rotatable bonds is 3. The van der Waals surface area contributed by atoms with Crippen molar-refractivity contribution in [3.8, 4) is 17.2 Å². The number of fused-ring (bicyclic) bond motifs is 1. The molecule has 1 atom stereocenters. The van der Waals surface area contributed by atoms with Crippen molar-refractivity contribution in [2.45, 2.75) is 37.1 Å². The highest BCUT2D eigenvalue weighted by atomic mass is 16.5. The summed E-state index contributed by atoms with van der Waals surface area (Å²) in [6.07, 6.45) is 4.38. The highest BCUT2D eigenvalue weighted by Crippen LogP contribution is 2.56. The van der Waals surface area contributed by atoms with Crippen LogP contribution in [0, 0.1) is 0 Å². The van der Waals surface area contributed by atoms with E-state index in [0.717, 1.165) is 42.7 Å². The molecular formula is C21H25NO3. The van der Waals surface area contributed by atoms with E-state index >= 15 is 0 Å². The van der Waals surface area contributed by atoms with Crippen LogP contribution in [0.1, 0.15) is 42.0 Å². The maximum Gasteiger partial charge on any atom is 0.157 e. The second kappa shape index (κ2) is 5.95. The van der Waals surface area contributed by atoms with Crippen molar-refractivity contribution >= 4 is 0 Å². The zero-order valence-corrected chi connectivity index (χ0v) is 14.8. The SMILES string of the molecule is COc1ccc(C2(C3c4cc(O)c(O)cc4CCN3C)CCC2)cc1. The lowest BCUT2D eigenvalue weighted by Gasteiger charge is -2.53. The van der Waals surface area contributed by atoms with Gasteiger partial charge in [0.05, 0.1) is 7.11 Å². The topological polar surface area (TPSA) is 52.9 Å². The van der Waals surface area contributed by atoms with Gasteiger partial charge < -0.3 is 14.9 Å². The normalized spacial score (nSPS) is 22.1. The van der Waals surface area contributed by atoms with Gasteiger partial charge in [0.25, 0.3) is 0 Å². The van der Waals surface area contributed by atoms with Gasteiger partial charge in [-0.15, -0.1) is 0 Å². The molecule has 2 aliphatic rings. The standard InChI is InChI=1S/C21H25NO3/c1-22-11-8-14-12-18(23)19(24)13-17(14)20(22)21(9-3-10-21)15-4-6-16(25-2)7-5-15/h4-7,12-13,20,23-24H,3,8-11H2,1-2H3. The number of benzene rings is 2. The van der Waals surface area contributed by atoms with E-state index < -0.39 is 0 Å². The van der Waals surface area contributed by atoms with Crippen molar-refractivity contribution in [3.05, 3.63) is 53.1 Å². The minimum atomic E-state index is -0.0248. The fourth-order valence-electron chi connectivity index (χ4n) is 4.69. The van der Waals surface area contributed by atoms with E-state index in [1.54, 1.807) is 19.2 Å². The molecule has 4 rings (SSSR count). The van der Waals surface area contributed by atoms with Crippen LogP contribution in [0.4, 0.5) is 0 Å². The van der Waals surface area contributed by atoms with E-state index in [-0.39, 0.29) is 23.0 Å². The third-order valence-electron chi connectivity index (χ3n) is 6.14. The number of likely N-dealkylation sites (N-methyl/N-ethyl adjacent to an activating group) is 1. The molecule has 0 saturated heterocycles. The molecule has 1 saturated carbocycles. The Morgan fingerprint density at radius 1 is 1.08 bits per heavy atom. The van der Waals surface area contributed by atoms with Gasteiger partial charge in [0.2, 0.25) is 0 Å². The van der Waals surface area contributed by atoms with Gasteiger partial charge in [-0.25, -0.2) is 0 Å². The first-order valence-electron chi connectivity index (χ1n) is 8.95. The molecule has 132 valence electrons. The van der Waals surface area contributed by atoms with Crippen LogP contribution in [0.5, 0.6) is 17.2 Å². The summed E-state index contributed by atoms with van der Waals surface area (Å²) < 4.78 is 5.31. The summed E-state index contributed by atoms with van der Waals surface area (Å²) >= 11 is 0. The summed E-state index contributed by atoms with van der Waals surface area (Å²) in [5, 5.41) is 20.0. The molecule has 1 fully saturated rings. The predicted molar refractivity (Wildman–Crippen MR) is 97.4 cm³/mol. The summed E-state index contributed by atoms with van der Waals surface area (Å²) in [7, 11) is 3.86. The van der Waals surface area contributed by atoms with E-state index in [2.05, 4.69) is 24.1 Å². The molecule has 0 bridgehead atoms. The second-order valence-electron chi connectivity index (χ2n) is 7.41. The highest BCUT2D eigenvalue weighted by Gasteiger charge is 2.49. The Hall–Kier alpha value is -2.20. The fourth-order valence-corrected chi connectivity index (χ4v) is 4.69. The smallest absolute Gasteiger partial charge is 0.157 e. The van der Waals surface area contributed by atoms with Crippen molar-refractivity contribution in [3.63, 3.8) is 0 Å². The summed E-state index contributed by atoms with van der Waals surface area (Å²) in [4.78, 5) is 2.40. The van der Waals surface area contributed by atoms with Gasteiger partial charge in [-0.2, -0.15) is 0 Å². The molecule has 0 spiro atoms. The quantitative estimate of drug-likeness (QED) is 0.836. The third-order valence-corrected chi connectivity index (χ3v) is 6.14. The van der Waals surface area contributed by atoms with Gasteiger partial charge in [-0.05, 0) is 67.3 Å². The first-order valence-corrected chi connectivity index (χ1v) is 8.95. The van der Waals surface area contributed by atoms with E-state index in [1.165, 1.54) is 12.0 Å². The molecule has 0 radical (unpaired) electrons. The monoisotopic (exact) mass is 339 g/mol. The van der Waals surface area contributed by atoms with E-state index in [9.17, 15) is 10.2 Å². The molecule has 1 heterocycles. The molecule has 4 nitrogen and oxygen atoms in total. The van der Waals surface area contributed by atoms with Gasteiger partial charge in [-0.1, -0.05) is 18.6 Å². The lowest BCUT2D eigenvalue weighted by Crippen LogP contribution is -2.49. The van der Waals surface area contributed by atoms with Crippen LogP contribution in [0.3, 0.4) is 0 Å². The first-order chi connectivity index (χ1) is 12.0. The maximum absolute atomic E-state index is 10.1. The lowest BCUT2D eigenvalue weighted by atomic mass is 9.57. The Morgan fingerprint density at radius 2 is 1.76 bits per heavy atom. The Morgan fingerprint density at radius 3 is 2.36 bits per heavy atom. The van der Waals surface area contributed by atoms with Gasteiger partial charge in [0.15, 0.2) is 11.5 Å². The van der Waals surface area contributed by atoms with Crippen LogP contribution in [-0.2, 0) is 11.8 Å². The van der Waals surface area contributed by atoms with Gasteiger partial charge in [0, 0.05) is 18.0 Å². The fraction of sp³-hybridized carbons (Fsp3) is 0.429. The molecule has 0 aromatic heterocycles. The molecule has 2 N–H and O–H groups in total. The summed E-state index contributed by atoms with van der Waals surface area (Å²) in [5.74, 6) is 0.829. The number of hydrogen-bond acceptors (Lipinski definition) is 4. The largest absolute Gasteiger partial charge is 0.504 e. The number of ether oxygens (including phenoxy) is 1. The van der Waals surface area contributed by atoms with Crippen LogP contribution in [0.2, 0.25) is 0 Å². The number of aromatic hydroxyl groups is 2. The zero-order chi connectivity index (χ0) is 17.6. The van der Waals surface area contributed by atoms with Crippen LogP contribution in [0.15, 0.2) is 36.4 Å². The van der Waals surface area contributed by atoms with Gasteiger partial charge >= 0.3 is 0 Å². The molecule has 1 aliphatic heterocycles. The van der Waals surface area contributed by atoms with Crippen molar-refractivity contribution in [1.82, 2.24) is 4.90 Å². The second-order valence-corrected chi connectivity index (χ2v) is 7.41. The molecule has 1 aliphatic carbocycles. The lowest BCUT2D eigenvalue weighted by molar-refractivity contribution is 0.0714. The van der Waals surface area contributed by atoms with E-state index in [0.29, 0.717) is 0 Å². The summed E-state index contributed by atoms with van der Waals surface area (Å²) in [6, 6.07) is 12.2. The molecule has 4 heteroatoms. The Labute approximate surface area is 148 Å². The molecule has 2 aromatic rings. The number of hydrogen-bond donors (Lipinski definition) is 2. The third kappa shape index (κ3) is 2.47. The molecular weight excluding hydrogens is 314 g/mol. The van der Waals surface area contributed by atoms with Crippen molar-refractivity contribution in [2.75, 3.05) is 20.7 Å². The Balaban J connectivity index is 1.82. The van der Waals surface area contributed by atoms with Gasteiger partial charge in [0.1, 0.15) is 5.75 Å². The van der Waals surface area contributed by atoms with E-state index in [4.69, 9.17) is 4.74 Å². The van der Waals surface area contributed by atoms with Crippen LogP contribution in [0.25, 0.3) is 0 Å². The number of methoxy groups -OCH3 is 1. The average Bonchev–Trinajstić information content (AvgIpc) is 2.58. The Bertz CT molecular complexity index is 780. The Kier molecular flexibility index (Phi) is 3.88. The first kappa shape index (κ1) is 16.3. The highest BCUT2D eigenvalue weighted by molar-refractivity contribution is 5.50. The summed E-state index contributed by atoms with van der Waals surface area (Å²) in [6.45, 7) is 0.958. The van der Waals surface area contributed by atoms with Crippen LogP contribution >= 0.6 is 0 Å². The minimum absolute atomic E-state index is 0.0193. The number of phenolic OH excluding ortho intramolecular Hbond substituents is 2. The molecule has 0 amide bonds. The van der Waals surface area contributed by atoms with Crippen molar-refractivity contribution in [2.24, 2.45) is 0 Å². The van der Waals surface area contributed by atoms with Crippen LogP contribution < -0.4 is 4.74 Å². The molecule has 1 unspecified atom stereocenters. The summed E-state index contributed by atoms with van der Waals surface area (Å²) in [5.41, 5.74) is 3.69. The maximum atomic E-state index is 10.1. The van der Waals surface area contributed by atoms with Gasteiger partial charge in [-0.3, -0.25) is 4.90 Å². The molecule has 25 heavy (non-hydrogen) atoms. The molecule has 2 aromatic carbocycles. The average molecular weight is 339 g/mol. The van der Waals surface area contributed by atoms with Crippen molar-refractivity contribution in [1.29, 1.82) is 0 Å². The van der Waals surface area contributed by atoms with Crippen LogP contribution in [-0.4, -0.2) is 35.8 Å². The van der Waals surface area contributed by atoms with E-state index in [1.807, 2.05) is 12.1 Å². The van der Waals surface area contributed by atoms with Crippen molar-refractivity contribution < 1.29 is 14.9 Å².